The van der Waals surface area contributed by atoms with Gasteiger partial charge in [-0.1, -0.05) is 6.07 Å². The van der Waals surface area contributed by atoms with Crippen molar-refractivity contribution in [3.63, 3.8) is 0 Å². The number of morpholine rings is 1. The molecule has 0 spiro atoms. The Bertz CT molecular complexity index is 1750. The third-order valence-corrected chi connectivity index (χ3v) is 7.26. The van der Waals surface area contributed by atoms with E-state index in [4.69, 9.17) is 29.2 Å². The number of methoxy groups -OCH3 is 1. The van der Waals surface area contributed by atoms with E-state index in [0.717, 1.165) is 12.1 Å². The Kier molecular flexibility index (Phi) is 12.3. The number of ether oxygens (including phenoxy) is 2. The van der Waals surface area contributed by atoms with E-state index in [1.165, 1.54) is 29.6 Å². The van der Waals surface area contributed by atoms with Crippen molar-refractivity contribution in [2.24, 2.45) is 0 Å². The fourth-order valence-electron chi connectivity index (χ4n) is 4.71. The molecule has 268 valence electrons. The van der Waals surface area contributed by atoms with Gasteiger partial charge in [0, 0.05) is 6.92 Å². The summed E-state index contributed by atoms with van der Waals surface area (Å²) in [5.74, 6) is -7.90. The molecule has 1 aliphatic rings. The van der Waals surface area contributed by atoms with Crippen LogP contribution in [0.25, 0.3) is 11.8 Å². The first kappa shape index (κ1) is 39.0. The first-order chi connectivity index (χ1) is 22.6. The van der Waals surface area contributed by atoms with Crippen molar-refractivity contribution in [1.29, 1.82) is 0 Å². The SMILES string of the molecule is COc1cc(/C=C2\O[C@@H](C)CN([C@H](c3cc(F)c(F)c(F)c3)[C@@H](C)O)C2=O)ccc1-[n+]1cc(C)n(COP(=O)(O)O)c1.O=C([O-])C(F)(F)F. The van der Waals surface area contributed by atoms with Crippen LogP contribution in [-0.2, 0) is 30.1 Å². The number of phosphoric acid groups is 1. The van der Waals surface area contributed by atoms with E-state index in [0.29, 0.717) is 22.7 Å². The maximum Gasteiger partial charge on any atom is 0.472 e. The maximum atomic E-state index is 14.0. The number of carboxylic acid groups (broad SMARTS) is 1. The van der Waals surface area contributed by atoms with E-state index in [-0.39, 0.29) is 24.6 Å². The van der Waals surface area contributed by atoms with Crippen LogP contribution in [0.5, 0.6) is 5.75 Å². The minimum Gasteiger partial charge on any atom is -0.542 e. The molecule has 4 rings (SSSR count). The van der Waals surface area contributed by atoms with Crippen molar-refractivity contribution in [3.8, 4) is 11.4 Å². The van der Waals surface area contributed by atoms with E-state index >= 15 is 0 Å². The third-order valence-electron chi connectivity index (χ3n) is 6.81. The lowest BCUT2D eigenvalue weighted by Crippen LogP contribution is -2.48. The fourth-order valence-corrected chi connectivity index (χ4v) is 4.98. The summed E-state index contributed by atoms with van der Waals surface area (Å²) in [4.78, 5) is 41.5. The van der Waals surface area contributed by atoms with Gasteiger partial charge in [0.15, 0.2) is 34.6 Å². The lowest BCUT2D eigenvalue weighted by atomic mass is 9.98. The van der Waals surface area contributed by atoms with Crippen LogP contribution < -0.4 is 14.4 Å². The minimum absolute atomic E-state index is 0.00662. The minimum atomic E-state index is -5.19. The van der Waals surface area contributed by atoms with Gasteiger partial charge in [-0.25, -0.2) is 26.8 Å². The summed E-state index contributed by atoms with van der Waals surface area (Å²) in [5, 5.41) is 19.3. The summed E-state index contributed by atoms with van der Waals surface area (Å²) in [5.41, 5.74) is 1.60. The van der Waals surface area contributed by atoms with Crippen molar-refractivity contribution in [2.45, 2.75) is 51.9 Å². The molecule has 0 bridgehead atoms. The summed E-state index contributed by atoms with van der Waals surface area (Å²) >= 11 is 0. The van der Waals surface area contributed by atoms with Crippen molar-refractivity contribution in [2.75, 3.05) is 13.7 Å². The Morgan fingerprint density at radius 1 is 1.20 bits per heavy atom. The molecule has 13 nitrogen and oxygen atoms in total. The van der Waals surface area contributed by atoms with E-state index in [9.17, 15) is 40.8 Å². The number of benzene rings is 2. The summed E-state index contributed by atoms with van der Waals surface area (Å²) in [6.07, 6.45) is -2.30. The van der Waals surface area contributed by atoms with Crippen LogP contribution >= 0.6 is 7.82 Å². The van der Waals surface area contributed by atoms with Crippen LogP contribution in [0, 0.1) is 24.4 Å². The molecule has 1 aliphatic heterocycles. The quantitative estimate of drug-likeness (QED) is 0.0979. The first-order valence-electron chi connectivity index (χ1n) is 13.9. The molecule has 2 heterocycles. The Morgan fingerprint density at radius 3 is 2.31 bits per heavy atom. The molecule has 1 saturated heterocycles. The van der Waals surface area contributed by atoms with Crippen LogP contribution in [-0.4, -0.2) is 68.3 Å². The number of amides is 1. The second kappa shape index (κ2) is 15.4. The topological polar surface area (TPSA) is 175 Å². The van der Waals surface area contributed by atoms with Gasteiger partial charge < -0.3 is 39.2 Å². The molecule has 3 N–H and O–H groups in total. The lowest BCUT2D eigenvalue weighted by Gasteiger charge is -2.39. The third kappa shape index (κ3) is 10.1. The molecule has 3 aromatic rings. The maximum absolute atomic E-state index is 14.0. The molecule has 0 saturated carbocycles. The van der Waals surface area contributed by atoms with Gasteiger partial charge in [0.25, 0.3) is 12.2 Å². The standard InChI is InChI=1S/C27H29F3N3O8P.C2HF3O2/c1-15-11-31(13-32(15)14-40-42(36,37)38)22-6-5-18(7-23(22)39-4)8-24-27(35)33(12-16(2)41-24)26(17(3)34)19-9-20(28)25(30)21(29)10-19;3-2(4,5)1(6)7/h5-11,13,16-17,26,34H,12,14H2,1-4H3,(H-,36,37,38);(H,6,7)/b24-8-;/t16-,17+,26-;/m0./s1. The van der Waals surface area contributed by atoms with Gasteiger partial charge >= 0.3 is 14.0 Å². The lowest BCUT2D eigenvalue weighted by molar-refractivity contribution is -0.596. The number of aromatic nitrogens is 2. The number of phosphoric ester groups is 1. The summed E-state index contributed by atoms with van der Waals surface area (Å²) < 4.78 is 103. The van der Waals surface area contributed by atoms with Crippen molar-refractivity contribution < 1.29 is 79.1 Å². The molecule has 1 fully saturated rings. The number of carbonyl (C=O) groups is 2. The smallest absolute Gasteiger partial charge is 0.472 e. The number of aliphatic hydroxyl groups excluding tert-OH is 1. The largest absolute Gasteiger partial charge is 0.542 e. The monoisotopic (exact) mass is 725 g/mol. The molecular weight excluding hydrogens is 695 g/mol. The molecule has 2 aromatic carbocycles. The van der Waals surface area contributed by atoms with Gasteiger partial charge in [0.05, 0.1) is 25.8 Å². The van der Waals surface area contributed by atoms with Crippen molar-refractivity contribution >= 4 is 25.8 Å². The molecule has 1 aromatic heterocycles. The number of rotatable bonds is 9. The fraction of sp³-hybridized carbons (Fsp3) is 0.345. The molecule has 0 radical (unpaired) electrons. The van der Waals surface area contributed by atoms with Gasteiger partial charge in [0.1, 0.15) is 24.0 Å². The van der Waals surface area contributed by atoms with Crippen LogP contribution in [0.3, 0.4) is 0 Å². The van der Waals surface area contributed by atoms with Crippen molar-refractivity contribution in [3.05, 3.63) is 82.9 Å². The number of aliphatic carboxylic acids is 1. The number of nitrogens with zero attached hydrogens (tertiary/aromatic N) is 3. The highest BCUT2D eigenvalue weighted by Gasteiger charge is 2.38. The molecule has 0 aliphatic carbocycles. The van der Waals surface area contributed by atoms with Gasteiger partial charge in [0.2, 0.25) is 6.73 Å². The van der Waals surface area contributed by atoms with Crippen LogP contribution in [0.4, 0.5) is 26.3 Å². The predicted octanol–water partition coefficient (Wildman–Crippen LogP) is 2.57. The Balaban J connectivity index is 0.000000838. The van der Waals surface area contributed by atoms with Gasteiger partial charge in [-0.3, -0.25) is 4.79 Å². The number of aliphatic hydroxyl groups is 1. The van der Waals surface area contributed by atoms with Gasteiger partial charge in [-0.2, -0.15) is 17.7 Å². The Morgan fingerprint density at radius 2 is 1.80 bits per heavy atom. The highest BCUT2D eigenvalue weighted by atomic mass is 31.2. The number of halogens is 6. The van der Waals surface area contributed by atoms with Gasteiger partial charge in [-0.05, 0) is 55.3 Å². The molecule has 3 atom stereocenters. The Hall–Kier alpha value is -4.42. The highest BCUT2D eigenvalue weighted by molar-refractivity contribution is 7.46. The average molecular weight is 726 g/mol. The highest BCUT2D eigenvalue weighted by Crippen LogP contribution is 2.36. The zero-order chi connectivity index (χ0) is 37.0. The van der Waals surface area contributed by atoms with Crippen LogP contribution in [0.15, 0.2) is 48.6 Å². The second-order valence-electron chi connectivity index (χ2n) is 10.6. The second-order valence-corrected chi connectivity index (χ2v) is 11.8. The van der Waals surface area contributed by atoms with E-state index < -0.39 is 61.6 Å². The van der Waals surface area contributed by atoms with Crippen molar-refractivity contribution in [1.82, 2.24) is 9.47 Å². The zero-order valence-electron chi connectivity index (χ0n) is 26.0. The number of imidazole rings is 1. The number of carbonyl (C=O) groups excluding carboxylic acids is 2. The summed E-state index contributed by atoms with van der Waals surface area (Å²) in [6, 6.07) is 5.31. The van der Waals surface area contributed by atoms with Crippen LogP contribution in [0.1, 0.15) is 36.7 Å². The first-order valence-corrected chi connectivity index (χ1v) is 15.4. The van der Waals surface area contributed by atoms with E-state index in [1.807, 2.05) is 0 Å². The molecule has 20 heteroatoms. The number of alkyl halides is 3. The van der Waals surface area contributed by atoms with Gasteiger partial charge in [-0.15, -0.1) is 0 Å². The summed E-state index contributed by atoms with van der Waals surface area (Å²) in [7, 11) is -3.23. The Labute approximate surface area is 274 Å². The number of aryl methyl sites for hydroxylation is 1. The molecule has 0 unspecified atom stereocenters. The van der Waals surface area contributed by atoms with E-state index in [2.05, 4.69) is 4.52 Å². The molecule has 1 amide bonds. The predicted molar refractivity (Wildman–Crippen MR) is 152 cm³/mol. The average Bonchev–Trinajstić information content (AvgIpc) is 3.36. The normalized spacial score (nSPS) is 17.2. The van der Waals surface area contributed by atoms with Crippen LogP contribution in [0.2, 0.25) is 0 Å². The summed E-state index contributed by atoms with van der Waals surface area (Å²) in [6.45, 7) is 4.37. The zero-order valence-corrected chi connectivity index (χ0v) is 26.9. The number of hydrogen-bond donors (Lipinski definition) is 3. The molecular formula is C29H30F6N3O10P. The van der Waals surface area contributed by atoms with E-state index in [1.54, 1.807) is 49.1 Å². The molecule has 49 heavy (non-hydrogen) atoms. The number of carboxylic acids is 1. The number of hydrogen-bond acceptors (Lipinski definition) is 8.